The monoisotopic (exact) mass is 375 g/mol. The molecule has 1 unspecified atom stereocenters. The molecule has 1 atom stereocenters. The van der Waals surface area contributed by atoms with Crippen molar-refractivity contribution in [3.63, 3.8) is 0 Å². The van der Waals surface area contributed by atoms with Gasteiger partial charge in [-0.25, -0.2) is 0 Å². The lowest BCUT2D eigenvalue weighted by Gasteiger charge is -2.26. The second-order valence-corrected chi connectivity index (χ2v) is 7.35. The standard InChI is InChI=1S/C21H26ClNO3/c1-15(26-13-16-7-5-10-19(11-16)25-4)20(24)23-14-21(2,3)17-8-6-9-18(22)12-17/h5-12,15H,13-14H2,1-4H3,(H,23,24). The Morgan fingerprint density at radius 1 is 1.19 bits per heavy atom. The number of ether oxygens (including phenoxy) is 2. The topological polar surface area (TPSA) is 47.6 Å². The van der Waals surface area contributed by atoms with E-state index in [9.17, 15) is 4.79 Å². The smallest absolute Gasteiger partial charge is 0.248 e. The summed E-state index contributed by atoms with van der Waals surface area (Å²) in [6.45, 7) is 6.74. The number of halogens is 1. The fraction of sp³-hybridized carbons (Fsp3) is 0.381. The minimum absolute atomic E-state index is 0.136. The summed E-state index contributed by atoms with van der Waals surface area (Å²) in [5, 5.41) is 3.66. The summed E-state index contributed by atoms with van der Waals surface area (Å²) in [4.78, 5) is 12.3. The zero-order chi connectivity index (χ0) is 19.2. The second-order valence-electron chi connectivity index (χ2n) is 6.92. The van der Waals surface area contributed by atoms with E-state index in [4.69, 9.17) is 21.1 Å². The van der Waals surface area contributed by atoms with Crippen molar-refractivity contribution in [3.05, 3.63) is 64.7 Å². The largest absolute Gasteiger partial charge is 0.497 e. The first-order valence-corrected chi connectivity index (χ1v) is 8.98. The molecule has 0 bridgehead atoms. The Labute approximate surface area is 160 Å². The third kappa shape index (κ3) is 5.75. The minimum atomic E-state index is -0.545. The van der Waals surface area contributed by atoms with E-state index in [0.717, 1.165) is 16.9 Å². The SMILES string of the molecule is COc1cccc(COC(C)C(=O)NCC(C)(C)c2cccc(Cl)c2)c1. The van der Waals surface area contributed by atoms with E-state index in [2.05, 4.69) is 19.2 Å². The summed E-state index contributed by atoms with van der Waals surface area (Å²) in [6.07, 6.45) is -0.545. The quantitative estimate of drug-likeness (QED) is 0.746. The fourth-order valence-electron chi connectivity index (χ4n) is 2.52. The van der Waals surface area contributed by atoms with E-state index in [1.165, 1.54) is 0 Å². The molecule has 0 saturated carbocycles. The van der Waals surface area contributed by atoms with Crippen molar-refractivity contribution >= 4 is 17.5 Å². The molecule has 2 aromatic rings. The molecule has 4 nitrogen and oxygen atoms in total. The van der Waals surface area contributed by atoms with Gasteiger partial charge in [0.2, 0.25) is 5.91 Å². The van der Waals surface area contributed by atoms with Crippen molar-refractivity contribution in [1.82, 2.24) is 5.32 Å². The Bertz CT molecular complexity index is 746. The molecule has 140 valence electrons. The van der Waals surface area contributed by atoms with Gasteiger partial charge in [0.1, 0.15) is 11.9 Å². The molecule has 1 N–H and O–H groups in total. The van der Waals surface area contributed by atoms with Crippen LogP contribution in [0.1, 0.15) is 31.9 Å². The first-order chi connectivity index (χ1) is 12.3. The van der Waals surface area contributed by atoms with Gasteiger partial charge < -0.3 is 14.8 Å². The van der Waals surface area contributed by atoms with Crippen LogP contribution in [0.25, 0.3) is 0 Å². The summed E-state index contributed by atoms with van der Waals surface area (Å²) in [6, 6.07) is 15.3. The zero-order valence-electron chi connectivity index (χ0n) is 15.7. The Morgan fingerprint density at radius 3 is 2.62 bits per heavy atom. The number of methoxy groups -OCH3 is 1. The van der Waals surface area contributed by atoms with Gasteiger partial charge in [-0.05, 0) is 42.3 Å². The Balaban J connectivity index is 1.86. The number of carbonyl (C=O) groups excluding carboxylic acids is 1. The van der Waals surface area contributed by atoms with Gasteiger partial charge in [0, 0.05) is 17.0 Å². The number of hydrogen-bond donors (Lipinski definition) is 1. The van der Waals surface area contributed by atoms with Crippen LogP contribution in [0.2, 0.25) is 5.02 Å². The predicted molar refractivity (Wildman–Crippen MR) is 105 cm³/mol. The van der Waals surface area contributed by atoms with Gasteiger partial charge in [0.25, 0.3) is 0 Å². The average Bonchev–Trinajstić information content (AvgIpc) is 2.64. The van der Waals surface area contributed by atoms with Gasteiger partial charge in [0.15, 0.2) is 0 Å². The van der Waals surface area contributed by atoms with Crippen molar-refractivity contribution in [2.45, 2.75) is 38.9 Å². The molecule has 0 aromatic heterocycles. The minimum Gasteiger partial charge on any atom is -0.497 e. The van der Waals surface area contributed by atoms with Crippen molar-refractivity contribution in [2.24, 2.45) is 0 Å². The summed E-state index contributed by atoms with van der Waals surface area (Å²) in [5.74, 6) is 0.634. The Morgan fingerprint density at radius 2 is 1.92 bits per heavy atom. The number of hydrogen-bond acceptors (Lipinski definition) is 3. The van der Waals surface area contributed by atoms with Gasteiger partial charge in [-0.3, -0.25) is 4.79 Å². The molecule has 0 saturated heterocycles. The van der Waals surface area contributed by atoms with Gasteiger partial charge in [-0.15, -0.1) is 0 Å². The third-order valence-corrected chi connectivity index (χ3v) is 4.55. The number of rotatable bonds is 8. The highest BCUT2D eigenvalue weighted by Crippen LogP contribution is 2.25. The van der Waals surface area contributed by atoms with Gasteiger partial charge >= 0.3 is 0 Å². The van der Waals surface area contributed by atoms with Gasteiger partial charge in [0.05, 0.1) is 13.7 Å². The van der Waals surface area contributed by atoms with Gasteiger partial charge in [-0.1, -0.05) is 49.7 Å². The lowest BCUT2D eigenvalue weighted by atomic mass is 9.84. The number of nitrogens with one attached hydrogen (secondary N) is 1. The van der Waals surface area contributed by atoms with Crippen LogP contribution in [-0.4, -0.2) is 25.7 Å². The van der Waals surface area contributed by atoms with E-state index in [1.807, 2.05) is 48.5 Å². The first kappa shape index (κ1) is 20.3. The average molecular weight is 376 g/mol. The molecule has 1 amide bonds. The molecule has 0 aliphatic heterocycles. The fourth-order valence-corrected chi connectivity index (χ4v) is 2.71. The molecule has 0 aliphatic carbocycles. The summed E-state index contributed by atoms with van der Waals surface area (Å²) < 4.78 is 10.9. The van der Waals surface area contributed by atoms with E-state index in [0.29, 0.717) is 18.2 Å². The number of benzene rings is 2. The second kappa shape index (κ2) is 9.06. The molecule has 0 aliphatic rings. The molecule has 0 radical (unpaired) electrons. The maximum atomic E-state index is 12.3. The lowest BCUT2D eigenvalue weighted by Crippen LogP contribution is -2.41. The maximum Gasteiger partial charge on any atom is 0.248 e. The van der Waals surface area contributed by atoms with E-state index in [1.54, 1.807) is 14.0 Å². The summed E-state index contributed by atoms with van der Waals surface area (Å²) >= 11 is 6.07. The summed E-state index contributed by atoms with van der Waals surface area (Å²) in [7, 11) is 1.62. The summed E-state index contributed by atoms with van der Waals surface area (Å²) in [5.41, 5.74) is 1.81. The molecule has 5 heteroatoms. The van der Waals surface area contributed by atoms with Crippen LogP contribution in [0.5, 0.6) is 5.75 Å². The molecule has 26 heavy (non-hydrogen) atoms. The molecular weight excluding hydrogens is 350 g/mol. The van der Waals surface area contributed by atoms with Crippen LogP contribution in [0.15, 0.2) is 48.5 Å². The van der Waals surface area contributed by atoms with E-state index < -0.39 is 6.10 Å². The maximum absolute atomic E-state index is 12.3. The molecule has 2 aromatic carbocycles. The first-order valence-electron chi connectivity index (χ1n) is 8.60. The highest BCUT2D eigenvalue weighted by atomic mass is 35.5. The van der Waals surface area contributed by atoms with Gasteiger partial charge in [-0.2, -0.15) is 0 Å². The molecule has 2 rings (SSSR count). The highest BCUT2D eigenvalue weighted by Gasteiger charge is 2.23. The molecule has 0 fully saturated rings. The van der Waals surface area contributed by atoms with Crippen LogP contribution >= 0.6 is 11.6 Å². The number of carbonyl (C=O) groups is 1. The zero-order valence-corrected chi connectivity index (χ0v) is 16.5. The van der Waals surface area contributed by atoms with Crippen LogP contribution in [0, 0.1) is 0 Å². The van der Waals surface area contributed by atoms with Crippen LogP contribution in [0.3, 0.4) is 0 Å². The highest BCUT2D eigenvalue weighted by molar-refractivity contribution is 6.30. The third-order valence-electron chi connectivity index (χ3n) is 4.31. The van der Waals surface area contributed by atoms with Crippen LogP contribution in [-0.2, 0) is 21.6 Å². The van der Waals surface area contributed by atoms with E-state index >= 15 is 0 Å². The normalized spacial score (nSPS) is 12.5. The lowest BCUT2D eigenvalue weighted by molar-refractivity contribution is -0.132. The molecule has 0 heterocycles. The predicted octanol–water partition coefficient (Wildman–Crippen LogP) is 4.35. The number of amides is 1. The van der Waals surface area contributed by atoms with Crippen molar-refractivity contribution in [1.29, 1.82) is 0 Å². The van der Waals surface area contributed by atoms with Crippen LogP contribution in [0.4, 0.5) is 0 Å². The van der Waals surface area contributed by atoms with Crippen molar-refractivity contribution in [2.75, 3.05) is 13.7 Å². The van der Waals surface area contributed by atoms with E-state index in [-0.39, 0.29) is 11.3 Å². The Hall–Kier alpha value is -2.04. The van der Waals surface area contributed by atoms with Crippen LogP contribution < -0.4 is 10.1 Å². The Kier molecular flexibility index (Phi) is 7.06. The molecule has 0 spiro atoms. The van der Waals surface area contributed by atoms with Crippen molar-refractivity contribution < 1.29 is 14.3 Å². The van der Waals surface area contributed by atoms with Crippen molar-refractivity contribution in [3.8, 4) is 5.75 Å². The molecular formula is C21H26ClNO3.